The zero-order chi connectivity index (χ0) is 22.9. The van der Waals surface area contributed by atoms with E-state index in [4.69, 9.17) is 11.6 Å². The molecule has 0 unspecified atom stereocenters. The van der Waals surface area contributed by atoms with Crippen LogP contribution < -0.4 is 0 Å². The van der Waals surface area contributed by atoms with E-state index >= 15 is 0 Å². The molecule has 0 amide bonds. The molecule has 0 saturated carbocycles. The number of benzene rings is 2. The van der Waals surface area contributed by atoms with Gasteiger partial charge in [0.05, 0.1) is 16.1 Å². The standard InChI is InChI=1S/C26H32ClF2N3/c1-3-4-5-6-7-8-9-10-11-13-19-16-17-22(28)20(18-19)26-30-25(31-32(26)2)24-21(27)14-12-15-23(24)29/h12,14-18H,3-11,13H2,1-2H3. The summed E-state index contributed by atoms with van der Waals surface area (Å²) in [5.41, 5.74) is 1.56. The van der Waals surface area contributed by atoms with Crippen LogP contribution in [-0.2, 0) is 13.5 Å². The van der Waals surface area contributed by atoms with Crippen molar-refractivity contribution in [1.29, 1.82) is 0 Å². The van der Waals surface area contributed by atoms with Gasteiger partial charge in [0, 0.05) is 7.05 Å². The number of aromatic nitrogens is 3. The normalized spacial score (nSPS) is 11.3. The Morgan fingerprint density at radius 3 is 2.25 bits per heavy atom. The van der Waals surface area contributed by atoms with Gasteiger partial charge in [0.1, 0.15) is 11.6 Å². The largest absolute Gasteiger partial charge is 0.248 e. The first-order valence-corrected chi connectivity index (χ1v) is 12.0. The average molecular weight is 460 g/mol. The van der Waals surface area contributed by atoms with Crippen molar-refractivity contribution in [3.63, 3.8) is 0 Å². The van der Waals surface area contributed by atoms with Crippen molar-refractivity contribution in [1.82, 2.24) is 14.8 Å². The van der Waals surface area contributed by atoms with Gasteiger partial charge in [-0.25, -0.2) is 18.4 Å². The molecule has 6 heteroatoms. The zero-order valence-corrected chi connectivity index (χ0v) is 19.8. The minimum absolute atomic E-state index is 0.127. The molecule has 32 heavy (non-hydrogen) atoms. The third-order valence-corrected chi connectivity index (χ3v) is 6.11. The lowest BCUT2D eigenvalue weighted by Gasteiger charge is -2.07. The highest BCUT2D eigenvalue weighted by Crippen LogP contribution is 2.31. The van der Waals surface area contributed by atoms with Crippen molar-refractivity contribution < 1.29 is 8.78 Å². The van der Waals surface area contributed by atoms with Crippen LogP contribution in [0.1, 0.15) is 70.3 Å². The van der Waals surface area contributed by atoms with E-state index in [-0.39, 0.29) is 22.2 Å². The van der Waals surface area contributed by atoms with Crippen LogP contribution in [0, 0.1) is 11.6 Å². The minimum Gasteiger partial charge on any atom is -0.248 e. The summed E-state index contributed by atoms with van der Waals surface area (Å²) < 4.78 is 30.4. The topological polar surface area (TPSA) is 30.7 Å². The molecule has 0 radical (unpaired) electrons. The van der Waals surface area contributed by atoms with Crippen molar-refractivity contribution in [2.24, 2.45) is 7.05 Å². The van der Waals surface area contributed by atoms with Crippen LogP contribution in [0.25, 0.3) is 22.8 Å². The predicted octanol–water partition coefficient (Wildman–Crippen LogP) is 8.15. The van der Waals surface area contributed by atoms with Crippen LogP contribution >= 0.6 is 11.6 Å². The fraction of sp³-hybridized carbons (Fsp3) is 0.462. The van der Waals surface area contributed by atoms with Gasteiger partial charge < -0.3 is 0 Å². The highest BCUT2D eigenvalue weighted by Gasteiger charge is 2.19. The molecule has 172 valence electrons. The summed E-state index contributed by atoms with van der Waals surface area (Å²) >= 11 is 6.15. The Labute approximate surface area is 194 Å². The van der Waals surface area contributed by atoms with Gasteiger partial charge in [-0.3, -0.25) is 0 Å². The monoisotopic (exact) mass is 459 g/mol. The Morgan fingerprint density at radius 2 is 1.56 bits per heavy atom. The SMILES string of the molecule is CCCCCCCCCCCc1ccc(F)c(-c2nc(-c3c(F)cccc3Cl)nn2C)c1. The van der Waals surface area contributed by atoms with Gasteiger partial charge in [-0.1, -0.05) is 82.0 Å². The van der Waals surface area contributed by atoms with Crippen LogP contribution in [0.15, 0.2) is 36.4 Å². The number of hydrogen-bond donors (Lipinski definition) is 0. The lowest BCUT2D eigenvalue weighted by molar-refractivity contribution is 0.564. The van der Waals surface area contributed by atoms with E-state index in [0.29, 0.717) is 11.4 Å². The van der Waals surface area contributed by atoms with Crippen molar-refractivity contribution in [3.8, 4) is 22.8 Å². The zero-order valence-electron chi connectivity index (χ0n) is 19.0. The van der Waals surface area contributed by atoms with Gasteiger partial charge in [0.25, 0.3) is 0 Å². The molecule has 3 nitrogen and oxygen atoms in total. The first-order valence-electron chi connectivity index (χ1n) is 11.7. The fourth-order valence-corrected chi connectivity index (χ4v) is 4.22. The smallest absolute Gasteiger partial charge is 0.186 e. The molecule has 3 rings (SSSR count). The van der Waals surface area contributed by atoms with E-state index in [2.05, 4.69) is 17.0 Å². The highest BCUT2D eigenvalue weighted by atomic mass is 35.5. The molecule has 1 heterocycles. The van der Waals surface area contributed by atoms with Gasteiger partial charge in [0.2, 0.25) is 0 Å². The summed E-state index contributed by atoms with van der Waals surface area (Å²) in [6, 6.07) is 9.56. The third-order valence-electron chi connectivity index (χ3n) is 5.79. The number of hydrogen-bond acceptors (Lipinski definition) is 2. The highest BCUT2D eigenvalue weighted by molar-refractivity contribution is 6.33. The Hall–Kier alpha value is -2.27. The van der Waals surface area contributed by atoms with Gasteiger partial charge in [-0.2, -0.15) is 5.10 Å². The summed E-state index contributed by atoms with van der Waals surface area (Å²) in [6.45, 7) is 2.24. The van der Waals surface area contributed by atoms with Crippen LogP contribution in [-0.4, -0.2) is 14.8 Å². The molecule has 0 N–H and O–H groups in total. The quantitative estimate of drug-likeness (QED) is 0.256. The number of halogens is 3. The summed E-state index contributed by atoms with van der Waals surface area (Å²) in [5.74, 6) is -0.378. The summed E-state index contributed by atoms with van der Waals surface area (Å²) in [4.78, 5) is 4.41. The minimum atomic E-state index is -0.505. The van der Waals surface area contributed by atoms with E-state index in [0.717, 1.165) is 18.4 Å². The third kappa shape index (κ3) is 6.38. The first-order chi connectivity index (χ1) is 15.5. The lowest BCUT2D eigenvalue weighted by Crippen LogP contribution is -1.98. The van der Waals surface area contributed by atoms with Crippen molar-refractivity contribution in [2.75, 3.05) is 0 Å². The number of aryl methyl sites for hydroxylation is 2. The number of rotatable bonds is 12. The predicted molar refractivity (Wildman–Crippen MR) is 128 cm³/mol. The molecular weight excluding hydrogens is 428 g/mol. The van der Waals surface area contributed by atoms with Gasteiger partial charge in [0.15, 0.2) is 11.6 Å². The van der Waals surface area contributed by atoms with Crippen molar-refractivity contribution in [3.05, 3.63) is 58.6 Å². The second kappa shape index (κ2) is 12.1. The van der Waals surface area contributed by atoms with E-state index in [1.165, 1.54) is 74.2 Å². The van der Waals surface area contributed by atoms with Gasteiger partial charge in [-0.15, -0.1) is 0 Å². The molecule has 0 aliphatic rings. The second-order valence-corrected chi connectivity index (χ2v) is 8.78. The molecule has 2 aromatic carbocycles. The maximum absolute atomic E-state index is 14.6. The maximum Gasteiger partial charge on any atom is 0.186 e. The summed E-state index contributed by atoms with van der Waals surface area (Å²) in [7, 11) is 1.67. The molecule has 0 spiro atoms. The van der Waals surface area contributed by atoms with E-state index < -0.39 is 5.82 Å². The van der Waals surface area contributed by atoms with E-state index in [1.54, 1.807) is 13.1 Å². The molecule has 0 saturated heterocycles. The van der Waals surface area contributed by atoms with Crippen molar-refractivity contribution in [2.45, 2.75) is 71.1 Å². The first kappa shape index (κ1) is 24.4. The van der Waals surface area contributed by atoms with E-state index in [1.807, 2.05) is 12.1 Å². The molecule has 0 aliphatic heterocycles. The fourth-order valence-electron chi connectivity index (χ4n) is 3.98. The number of nitrogens with zero attached hydrogens (tertiary/aromatic N) is 3. The Balaban J connectivity index is 1.63. The van der Waals surface area contributed by atoms with Crippen LogP contribution in [0.3, 0.4) is 0 Å². The Bertz CT molecular complexity index is 996. The van der Waals surface area contributed by atoms with Gasteiger partial charge >= 0.3 is 0 Å². The van der Waals surface area contributed by atoms with Crippen molar-refractivity contribution >= 4 is 11.6 Å². The van der Waals surface area contributed by atoms with Gasteiger partial charge in [-0.05, 0) is 42.7 Å². The molecule has 1 aromatic heterocycles. The molecule has 0 fully saturated rings. The molecule has 3 aromatic rings. The van der Waals surface area contributed by atoms with E-state index in [9.17, 15) is 8.78 Å². The Morgan fingerprint density at radius 1 is 0.875 bits per heavy atom. The summed E-state index contributed by atoms with van der Waals surface area (Å²) in [5, 5.41) is 4.51. The molecule has 0 bridgehead atoms. The maximum atomic E-state index is 14.6. The molecule has 0 aliphatic carbocycles. The molecule has 0 atom stereocenters. The van der Waals surface area contributed by atoms with Crippen LogP contribution in [0.5, 0.6) is 0 Å². The second-order valence-electron chi connectivity index (χ2n) is 8.37. The number of unbranched alkanes of at least 4 members (excludes halogenated alkanes) is 8. The Kier molecular flexibility index (Phi) is 9.22. The van der Waals surface area contributed by atoms with Crippen LogP contribution in [0.4, 0.5) is 8.78 Å². The van der Waals surface area contributed by atoms with Crippen LogP contribution in [0.2, 0.25) is 5.02 Å². The summed E-state index contributed by atoms with van der Waals surface area (Å²) in [6.07, 6.45) is 12.3. The molecular formula is C26H32ClF2N3. The average Bonchev–Trinajstić information content (AvgIpc) is 3.14. The lowest BCUT2D eigenvalue weighted by atomic mass is 10.0.